The molecule has 0 heterocycles. The van der Waals surface area contributed by atoms with Crippen LogP contribution < -0.4 is 20.1 Å². The van der Waals surface area contributed by atoms with Gasteiger partial charge in [-0.05, 0) is 31.2 Å². The Labute approximate surface area is 157 Å². The Balaban J connectivity index is 1.96. The van der Waals surface area contributed by atoms with Gasteiger partial charge in [0.25, 0.3) is 5.91 Å². The fourth-order valence-electron chi connectivity index (χ4n) is 2.38. The van der Waals surface area contributed by atoms with E-state index in [1.165, 1.54) is 0 Å². The summed E-state index contributed by atoms with van der Waals surface area (Å²) in [6.45, 7) is 2.23. The van der Waals surface area contributed by atoms with Crippen LogP contribution in [0.1, 0.15) is 18.5 Å². The molecule has 1 atom stereocenters. The van der Waals surface area contributed by atoms with Crippen LogP contribution in [-0.2, 0) is 4.79 Å². The summed E-state index contributed by atoms with van der Waals surface area (Å²) >= 11 is 12.1. The van der Waals surface area contributed by atoms with Crippen molar-refractivity contribution in [2.45, 2.75) is 13.0 Å². The van der Waals surface area contributed by atoms with E-state index in [-0.39, 0.29) is 18.5 Å². The van der Waals surface area contributed by atoms with E-state index >= 15 is 0 Å². The number of carbonyl (C=O) groups excluding carboxylic acids is 1. The summed E-state index contributed by atoms with van der Waals surface area (Å²) in [4.78, 5) is 12.2. The lowest BCUT2D eigenvalue weighted by Gasteiger charge is -2.14. The Morgan fingerprint density at radius 3 is 2.56 bits per heavy atom. The molecule has 5 nitrogen and oxygen atoms in total. The molecule has 0 saturated carbocycles. The van der Waals surface area contributed by atoms with Gasteiger partial charge in [-0.1, -0.05) is 29.3 Å². The number of anilines is 1. The summed E-state index contributed by atoms with van der Waals surface area (Å²) in [6.07, 6.45) is 0. The number of methoxy groups -OCH3 is 2. The van der Waals surface area contributed by atoms with Crippen molar-refractivity contribution in [1.29, 1.82) is 0 Å². The van der Waals surface area contributed by atoms with Crippen molar-refractivity contribution in [1.82, 2.24) is 0 Å². The van der Waals surface area contributed by atoms with E-state index in [1.807, 2.05) is 18.3 Å². The highest BCUT2D eigenvalue weighted by molar-refractivity contribution is 6.35. The number of ether oxygens (including phenoxy) is 2. The highest BCUT2D eigenvalue weighted by Crippen LogP contribution is 2.29. The van der Waals surface area contributed by atoms with Crippen LogP contribution in [0.25, 0.3) is 0 Å². The van der Waals surface area contributed by atoms with Crippen LogP contribution in [0.2, 0.25) is 10.0 Å². The number of quaternary nitrogens is 1. The van der Waals surface area contributed by atoms with Crippen LogP contribution in [0.15, 0.2) is 36.4 Å². The number of nitrogens with two attached hydrogens (primary N) is 1. The van der Waals surface area contributed by atoms with Crippen molar-refractivity contribution < 1.29 is 19.6 Å². The van der Waals surface area contributed by atoms with Crippen molar-refractivity contribution in [3.8, 4) is 11.5 Å². The third-order valence-electron chi connectivity index (χ3n) is 3.79. The molecule has 25 heavy (non-hydrogen) atoms. The zero-order chi connectivity index (χ0) is 18.4. The first-order chi connectivity index (χ1) is 11.9. The SMILES string of the molecule is COc1ccc(NC(=O)C[NH2+][C@H](C)c2ccc(Cl)cc2Cl)c(OC)c1. The van der Waals surface area contributed by atoms with Gasteiger partial charge in [0.05, 0.1) is 24.9 Å². The quantitative estimate of drug-likeness (QED) is 0.770. The number of benzene rings is 2. The molecule has 0 aromatic heterocycles. The Morgan fingerprint density at radius 2 is 1.92 bits per heavy atom. The first kappa shape index (κ1) is 19.4. The minimum absolute atomic E-state index is 0.0216. The molecule has 134 valence electrons. The van der Waals surface area contributed by atoms with E-state index in [9.17, 15) is 4.79 Å². The van der Waals surface area contributed by atoms with Crippen molar-refractivity contribution >= 4 is 34.8 Å². The topological polar surface area (TPSA) is 64.2 Å². The molecule has 0 unspecified atom stereocenters. The molecule has 2 rings (SSSR count). The fraction of sp³-hybridized carbons (Fsp3) is 0.278. The summed E-state index contributed by atoms with van der Waals surface area (Å²) in [6, 6.07) is 10.6. The molecule has 2 aromatic rings. The molecule has 0 aliphatic carbocycles. The molecule has 0 bridgehead atoms. The third kappa shape index (κ3) is 5.26. The lowest BCUT2D eigenvalue weighted by molar-refractivity contribution is -0.682. The molecular formula is C18H21Cl2N2O3+. The molecule has 1 amide bonds. The van der Waals surface area contributed by atoms with Crippen LogP contribution in [0.4, 0.5) is 5.69 Å². The van der Waals surface area contributed by atoms with E-state index in [0.29, 0.717) is 27.2 Å². The molecule has 0 saturated heterocycles. The maximum atomic E-state index is 12.2. The molecule has 0 aliphatic rings. The van der Waals surface area contributed by atoms with Gasteiger partial charge in [-0.3, -0.25) is 4.79 Å². The van der Waals surface area contributed by atoms with Gasteiger partial charge in [0.15, 0.2) is 6.54 Å². The number of hydrogen-bond acceptors (Lipinski definition) is 3. The summed E-state index contributed by atoms with van der Waals surface area (Å²) in [5.41, 5.74) is 1.53. The van der Waals surface area contributed by atoms with Gasteiger partial charge in [-0.25, -0.2) is 0 Å². The Bertz CT molecular complexity index is 753. The second-order valence-corrected chi connectivity index (χ2v) is 6.35. The van der Waals surface area contributed by atoms with Crippen molar-refractivity contribution in [3.05, 3.63) is 52.0 Å². The minimum atomic E-state index is -0.139. The molecule has 0 aliphatic heterocycles. The van der Waals surface area contributed by atoms with Gasteiger partial charge in [-0.15, -0.1) is 0 Å². The van der Waals surface area contributed by atoms with Crippen LogP contribution >= 0.6 is 23.2 Å². The number of hydrogen-bond donors (Lipinski definition) is 2. The standard InChI is InChI=1S/C18H20Cl2N2O3/c1-11(14-6-4-12(19)8-15(14)20)21-10-18(23)22-16-7-5-13(24-2)9-17(16)25-3/h4-9,11,21H,10H2,1-3H3,(H,22,23)/p+1/t11-/m1/s1. The van der Waals surface area contributed by atoms with E-state index in [0.717, 1.165) is 5.56 Å². The predicted molar refractivity (Wildman–Crippen MR) is 99.8 cm³/mol. The highest BCUT2D eigenvalue weighted by Gasteiger charge is 2.16. The van der Waals surface area contributed by atoms with Crippen molar-refractivity contribution in [2.24, 2.45) is 0 Å². The first-order valence-corrected chi connectivity index (χ1v) is 8.50. The average molecular weight is 384 g/mol. The number of halogens is 2. The fourth-order valence-corrected chi connectivity index (χ4v) is 2.97. The first-order valence-electron chi connectivity index (χ1n) is 7.74. The lowest BCUT2D eigenvalue weighted by atomic mass is 10.1. The minimum Gasteiger partial charge on any atom is -0.497 e. The van der Waals surface area contributed by atoms with E-state index in [4.69, 9.17) is 32.7 Å². The monoisotopic (exact) mass is 383 g/mol. The van der Waals surface area contributed by atoms with Crippen LogP contribution in [0, 0.1) is 0 Å². The van der Waals surface area contributed by atoms with Crippen LogP contribution in [-0.4, -0.2) is 26.7 Å². The van der Waals surface area contributed by atoms with Gasteiger partial charge in [0.2, 0.25) is 0 Å². The van der Waals surface area contributed by atoms with E-state index < -0.39 is 0 Å². The second-order valence-electron chi connectivity index (χ2n) is 5.51. The third-order valence-corrected chi connectivity index (χ3v) is 4.36. The normalized spacial score (nSPS) is 11.7. The summed E-state index contributed by atoms with van der Waals surface area (Å²) < 4.78 is 10.4. The molecule has 2 aromatic carbocycles. The van der Waals surface area contributed by atoms with Gasteiger partial charge in [0.1, 0.15) is 17.5 Å². The van der Waals surface area contributed by atoms with Gasteiger partial charge in [0, 0.05) is 16.7 Å². The van der Waals surface area contributed by atoms with Gasteiger partial charge in [-0.2, -0.15) is 0 Å². The molecule has 0 spiro atoms. The zero-order valence-electron chi connectivity index (χ0n) is 14.3. The molecule has 7 heteroatoms. The Morgan fingerprint density at radius 1 is 1.16 bits per heavy atom. The molecule has 0 fully saturated rings. The largest absolute Gasteiger partial charge is 0.497 e. The Kier molecular flexibility index (Phi) is 6.93. The number of carbonyl (C=O) groups is 1. The summed E-state index contributed by atoms with van der Waals surface area (Å²) in [7, 11) is 3.12. The molecule has 3 N–H and O–H groups in total. The van der Waals surface area contributed by atoms with Crippen LogP contribution in [0.5, 0.6) is 11.5 Å². The summed E-state index contributed by atoms with van der Waals surface area (Å²) in [5, 5.41) is 5.92. The van der Waals surface area contributed by atoms with Gasteiger partial charge >= 0.3 is 0 Å². The van der Waals surface area contributed by atoms with Crippen molar-refractivity contribution in [3.63, 3.8) is 0 Å². The summed E-state index contributed by atoms with van der Waals surface area (Å²) in [5.74, 6) is 1.06. The average Bonchev–Trinajstić information content (AvgIpc) is 2.60. The smallest absolute Gasteiger partial charge is 0.279 e. The number of amides is 1. The van der Waals surface area contributed by atoms with Crippen molar-refractivity contribution in [2.75, 3.05) is 26.1 Å². The van der Waals surface area contributed by atoms with Gasteiger partial charge < -0.3 is 20.1 Å². The van der Waals surface area contributed by atoms with Crippen LogP contribution in [0.3, 0.4) is 0 Å². The highest BCUT2D eigenvalue weighted by atomic mass is 35.5. The Hall–Kier alpha value is -1.95. The number of nitrogens with one attached hydrogen (secondary N) is 1. The zero-order valence-corrected chi connectivity index (χ0v) is 15.8. The molecular weight excluding hydrogens is 363 g/mol. The number of rotatable bonds is 7. The maximum Gasteiger partial charge on any atom is 0.279 e. The van der Waals surface area contributed by atoms with E-state index in [2.05, 4.69) is 5.32 Å². The van der Waals surface area contributed by atoms with E-state index in [1.54, 1.807) is 44.6 Å². The predicted octanol–water partition coefficient (Wildman–Crippen LogP) is 3.27. The lowest BCUT2D eigenvalue weighted by Crippen LogP contribution is -2.86. The maximum absolute atomic E-state index is 12.2. The molecule has 0 radical (unpaired) electrons. The second kappa shape index (κ2) is 8.94.